The van der Waals surface area contributed by atoms with Gasteiger partial charge in [-0.25, -0.2) is 0 Å². The molecular weight excluding hydrogens is 142 g/mol. The second-order valence-corrected chi connectivity index (χ2v) is 2.31. The van der Waals surface area contributed by atoms with E-state index in [-0.39, 0.29) is 0 Å². The Morgan fingerprint density at radius 1 is 1.00 bits per heavy atom. The van der Waals surface area contributed by atoms with Crippen molar-refractivity contribution in [1.29, 1.82) is 0 Å². The van der Waals surface area contributed by atoms with Gasteiger partial charge in [0.05, 0.1) is 6.61 Å². The highest BCUT2D eigenvalue weighted by Crippen LogP contribution is 1.90. The van der Waals surface area contributed by atoms with Crippen molar-refractivity contribution in [3.63, 3.8) is 0 Å². The molecule has 0 bridgehead atoms. The van der Waals surface area contributed by atoms with Crippen molar-refractivity contribution in [2.75, 3.05) is 33.0 Å². The maximum Gasteiger partial charge on any atom is 0.0588 e. The van der Waals surface area contributed by atoms with Crippen LogP contribution in [-0.2, 0) is 9.47 Å². The van der Waals surface area contributed by atoms with Gasteiger partial charge in [-0.3, -0.25) is 0 Å². The predicted molar refractivity (Wildman–Crippen MR) is 45.6 cm³/mol. The first-order valence-corrected chi connectivity index (χ1v) is 4.27. The second-order valence-electron chi connectivity index (χ2n) is 2.31. The molecule has 0 aliphatic rings. The fourth-order valence-electron chi connectivity index (χ4n) is 0.738. The van der Waals surface area contributed by atoms with Gasteiger partial charge in [0.25, 0.3) is 0 Å². The van der Waals surface area contributed by atoms with Crippen LogP contribution in [0.2, 0.25) is 0 Å². The molecule has 3 nitrogen and oxygen atoms in total. The molecule has 0 saturated carbocycles. The molecule has 2 N–H and O–H groups in total. The normalized spacial score (nSPS) is 10.4. The average molecular weight is 161 g/mol. The molecule has 0 rings (SSSR count). The summed E-state index contributed by atoms with van der Waals surface area (Å²) in [5.74, 6) is 0. The van der Waals surface area contributed by atoms with E-state index in [1.54, 1.807) is 0 Å². The molecular formula is C8H19NO2. The molecule has 68 valence electrons. The Morgan fingerprint density at radius 2 is 1.64 bits per heavy atom. The summed E-state index contributed by atoms with van der Waals surface area (Å²) in [4.78, 5) is 0. The lowest BCUT2D eigenvalue weighted by molar-refractivity contribution is 0.112. The Morgan fingerprint density at radius 3 is 2.18 bits per heavy atom. The molecule has 0 aliphatic carbocycles. The largest absolute Gasteiger partial charge is 0.382 e. The summed E-state index contributed by atoms with van der Waals surface area (Å²) in [5, 5.41) is 0. The molecule has 0 amide bonds. The molecule has 0 radical (unpaired) electrons. The van der Waals surface area contributed by atoms with Crippen molar-refractivity contribution in [2.45, 2.75) is 19.8 Å². The highest BCUT2D eigenvalue weighted by Gasteiger charge is 1.88. The van der Waals surface area contributed by atoms with E-state index in [1.807, 2.05) is 6.92 Å². The Balaban J connectivity index is 2.69. The van der Waals surface area contributed by atoms with Crippen molar-refractivity contribution >= 4 is 0 Å². The van der Waals surface area contributed by atoms with Crippen LogP contribution in [0.25, 0.3) is 0 Å². The van der Waals surface area contributed by atoms with E-state index in [1.165, 1.54) is 0 Å². The van der Waals surface area contributed by atoms with Crippen molar-refractivity contribution in [3.05, 3.63) is 0 Å². The summed E-state index contributed by atoms with van der Waals surface area (Å²) in [6, 6.07) is 0. The van der Waals surface area contributed by atoms with Gasteiger partial charge in [-0.2, -0.15) is 0 Å². The monoisotopic (exact) mass is 161 g/mol. The number of nitrogens with two attached hydrogens (primary N) is 1. The van der Waals surface area contributed by atoms with Crippen LogP contribution in [0.1, 0.15) is 19.8 Å². The fourth-order valence-corrected chi connectivity index (χ4v) is 0.738. The number of unbranched alkanes of at least 4 members (excludes halogenated alkanes) is 1. The minimum absolute atomic E-state index is 0.617. The highest BCUT2D eigenvalue weighted by molar-refractivity contribution is 4.38. The van der Waals surface area contributed by atoms with Gasteiger partial charge >= 0.3 is 0 Å². The van der Waals surface area contributed by atoms with Gasteiger partial charge in [-0.05, 0) is 19.8 Å². The first-order valence-electron chi connectivity index (χ1n) is 4.27. The van der Waals surface area contributed by atoms with Crippen molar-refractivity contribution < 1.29 is 9.47 Å². The van der Waals surface area contributed by atoms with Crippen LogP contribution in [0, 0.1) is 0 Å². The maximum atomic E-state index is 5.24. The number of hydrogen-bond acceptors (Lipinski definition) is 3. The number of rotatable bonds is 8. The zero-order valence-electron chi connectivity index (χ0n) is 7.34. The Bertz CT molecular complexity index is 61.1. The quantitative estimate of drug-likeness (QED) is 0.535. The highest BCUT2D eigenvalue weighted by atomic mass is 16.5. The standard InChI is InChI=1S/C8H19NO2/c1-2-10-6-3-4-7-11-8-5-9/h2-9H2,1H3. The smallest absolute Gasteiger partial charge is 0.0588 e. The lowest BCUT2D eigenvalue weighted by Crippen LogP contribution is -2.09. The summed E-state index contributed by atoms with van der Waals surface area (Å²) in [7, 11) is 0. The molecule has 0 heterocycles. The summed E-state index contributed by atoms with van der Waals surface area (Å²) in [6.45, 7) is 5.77. The minimum atomic E-state index is 0.617. The lowest BCUT2D eigenvalue weighted by Gasteiger charge is -2.02. The Labute approximate surface area is 68.9 Å². The van der Waals surface area contributed by atoms with E-state index in [9.17, 15) is 0 Å². The molecule has 0 aliphatic heterocycles. The number of hydrogen-bond donors (Lipinski definition) is 1. The van der Waals surface area contributed by atoms with Crippen LogP contribution in [-0.4, -0.2) is 33.0 Å². The van der Waals surface area contributed by atoms with E-state index in [0.717, 1.165) is 32.7 Å². The average Bonchev–Trinajstić information content (AvgIpc) is 2.03. The van der Waals surface area contributed by atoms with Gasteiger partial charge in [0.1, 0.15) is 0 Å². The summed E-state index contributed by atoms with van der Waals surface area (Å²) in [6.07, 6.45) is 2.15. The molecule has 11 heavy (non-hydrogen) atoms. The van der Waals surface area contributed by atoms with Gasteiger partial charge < -0.3 is 15.2 Å². The Hall–Kier alpha value is -0.120. The zero-order chi connectivity index (χ0) is 8.36. The molecule has 0 atom stereocenters. The van der Waals surface area contributed by atoms with Crippen molar-refractivity contribution in [1.82, 2.24) is 0 Å². The predicted octanol–water partition coefficient (Wildman–Crippen LogP) is 0.778. The first kappa shape index (κ1) is 10.9. The van der Waals surface area contributed by atoms with Crippen LogP contribution in [0.4, 0.5) is 0 Å². The molecule has 3 heteroatoms. The van der Waals surface area contributed by atoms with Gasteiger partial charge in [-0.1, -0.05) is 0 Å². The van der Waals surface area contributed by atoms with Crippen molar-refractivity contribution in [2.24, 2.45) is 5.73 Å². The van der Waals surface area contributed by atoms with E-state index in [2.05, 4.69) is 0 Å². The van der Waals surface area contributed by atoms with E-state index in [0.29, 0.717) is 13.2 Å². The maximum absolute atomic E-state index is 5.24. The molecule has 0 saturated heterocycles. The SMILES string of the molecule is CCOCCCCOCCN. The summed E-state index contributed by atoms with van der Waals surface area (Å²) in [5.41, 5.74) is 5.24. The Kier molecular flexibility index (Phi) is 9.77. The molecule has 0 aromatic carbocycles. The topological polar surface area (TPSA) is 44.5 Å². The minimum Gasteiger partial charge on any atom is -0.382 e. The lowest BCUT2D eigenvalue weighted by atomic mass is 10.3. The van der Waals surface area contributed by atoms with Gasteiger partial charge in [-0.15, -0.1) is 0 Å². The van der Waals surface area contributed by atoms with Crippen LogP contribution in [0.3, 0.4) is 0 Å². The molecule has 0 aromatic heterocycles. The van der Waals surface area contributed by atoms with Crippen LogP contribution in [0.5, 0.6) is 0 Å². The van der Waals surface area contributed by atoms with Crippen LogP contribution in [0.15, 0.2) is 0 Å². The fraction of sp³-hybridized carbons (Fsp3) is 1.00. The third kappa shape index (κ3) is 9.88. The van der Waals surface area contributed by atoms with E-state index >= 15 is 0 Å². The molecule has 0 fully saturated rings. The van der Waals surface area contributed by atoms with E-state index in [4.69, 9.17) is 15.2 Å². The summed E-state index contributed by atoms with van der Waals surface area (Å²) >= 11 is 0. The first-order chi connectivity index (χ1) is 5.41. The van der Waals surface area contributed by atoms with Gasteiger partial charge in [0.15, 0.2) is 0 Å². The third-order valence-electron chi connectivity index (χ3n) is 1.29. The third-order valence-corrected chi connectivity index (χ3v) is 1.29. The van der Waals surface area contributed by atoms with Gasteiger partial charge in [0.2, 0.25) is 0 Å². The molecule has 0 spiro atoms. The summed E-state index contributed by atoms with van der Waals surface area (Å²) < 4.78 is 10.3. The molecule has 0 aromatic rings. The van der Waals surface area contributed by atoms with Gasteiger partial charge in [0, 0.05) is 26.4 Å². The number of ether oxygens (including phenoxy) is 2. The van der Waals surface area contributed by atoms with Crippen LogP contribution >= 0.6 is 0 Å². The van der Waals surface area contributed by atoms with Crippen molar-refractivity contribution in [3.8, 4) is 0 Å². The zero-order valence-corrected chi connectivity index (χ0v) is 7.34. The van der Waals surface area contributed by atoms with E-state index < -0.39 is 0 Å². The van der Waals surface area contributed by atoms with Crippen LogP contribution < -0.4 is 5.73 Å². The second kappa shape index (κ2) is 9.88. The molecule has 0 unspecified atom stereocenters.